The standard InChI is InChI=1S/C11H12BrClN2O/c12-10-4-3-8(13)7-9(10)11(16)15-6-2-1-5-14-15/h3-4,7,14H,1-2,5-6H2. The highest BCUT2D eigenvalue weighted by Gasteiger charge is 2.20. The molecule has 0 aromatic heterocycles. The van der Waals surface area contributed by atoms with Crippen molar-refractivity contribution in [3.63, 3.8) is 0 Å². The van der Waals surface area contributed by atoms with Crippen molar-refractivity contribution < 1.29 is 4.79 Å². The molecule has 16 heavy (non-hydrogen) atoms. The SMILES string of the molecule is O=C(c1cc(Cl)ccc1Br)N1CCCCN1. The molecule has 1 aliphatic rings. The summed E-state index contributed by atoms with van der Waals surface area (Å²) in [6.07, 6.45) is 2.15. The molecule has 1 N–H and O–H groups in total. The van der Waals surface area contributed by atoms with Gasteiger partial charge in [0.05, 0.1) is 5.56 Å². The van der Waals surface area contributed by atoms with E-state index in [9.17, 15) is 4.79 Å². The molecular formula is C11H12BrClN2O. The average molecular weight is 304 g/mol. The van der Waals surface area contributed by atoms with Gasteiger partial charge in [0.2, 0.25) is 0 Å². The molecule has 1 amide bonds. The van der Waals surface area contributed by atoms with Gasteiger partial charge in [0.25, 0.3) is 5.91 Å². The third-order valence-electron chi connectivity index (χ3n) is 2.52. The first-order valence-corrected chi connectivity index (χ1v) is 6.36. The van der Waals surface area contributed by atoms with Gasteiger partial charge in [-0.3, -0.25) is 9.80 Å². The van der Waals surface area contributed by atoms with Crippen LogP contribution in [0.1, 0.15) is 23.2 Å². The van der Waals surface area contributed by atoms with Gasteiger partial charge in [-0.2, -0.15) is 0 Å². The third kappa shape index (κ3) is 2.56. The van der Waals surface area contributed by atoms with Crippen LogP contribution in [-0.4, -0.2) is 24.0 Å². The molecule has 0 radical (unpaired) electrons. The maximum absolute atomic E-state index is 12.1. The fraction of sp³-hybridized carbons (Fsp3) is 0.364. The summed E-state index contributed by atoms with van der Waals surface area (Å²) in [6, 6.07) is 5.23. The molecule has 1 aromatic carbocycles. The van der Waals surface area contributed by atoms with Crippen molar-refractivity contribution in [2.24, 2.45) is 0 Å². The van der Waals surface area contributed by atoms with Crippen molar-refractivity contribution in [3.05, 3.63) is 33.3 Å². The van der Waals surface area contributed by atoms with Crippen molar-refractivity contribution in [2.45, 2.75) is 12.8 Å². The minimum absolute atomic E-state index is 0.0333. The lowest BCUT2D eigenvalue weighted by atomic mass is 10.2. The molecule has 1 saturated heterocycles. The summed E-state index contributed by atoms with van der Waals surface area (Å²) in [7, 11) is 0. The minimum Gasteiger partial charge on any atom is -0.274 e. The fourth-order valence-electron chi connectivity index (χ4n) is 1.67. The Morgan fingerprint density at radius 3 is 2.94 bits per heavy atom. The van der Waals surface area contributed by atoms with Gasteiger partial charge < -0.3 is 0 Å². The highest BCUT2D eigenvalue weighted by Crippen LogP contribution is 2.22. The molecule has 1 aromatic rings. The van der Waals surface area contributed by atoms with Crippen molar-refractivity contribution >= 4 is 33.4 Å². The molecule has 0 aliphatic carbocycles. The van der Waals surface area contributed by atoms with Crippen LogP contribution >= 0.6 is 27.5 Å². The Morgan fingerprint density at radius 2 is 2.25 bits per heavy atom. The quantitative estimate of drug-likeness (QED) is 0.865. The molecule has 0 saturated carbocycles. The van der Waals surface area contributed by atoms with Crippen molar-refractivity contribution in [1.29, 1.82) is 0 Å². The molecule has 0 spiro atoms. The smallest absolute Gasteiger partial charge is 0.269 e. The van der Waals surface area contributed by atoms with Crippen LogP contribution in [0.5, 0.6) is 0 Å². The van der Waals surface area contributed by atoms with Crippen LogP contribution < -0.4 is 5.43 Å². The van der Waals surface area contributed by atoms with Gasteiger partial charge in [-0.15, -0.1) is 0 Å². The van der Waals surface area contributed by atoms with Gasteiger partial charge in [0.1, 0.15) is 0 Å². The molecule has 0 unspecified atom stereocenters. The Kier molecular flexibility index (Phi) is 3.84. The monoisotopic (exact) mass is 302 g/mol. The van der Waals surface area contributed by atoms with Crippen LogP contribution in [0.4, 0.5) is 0 Å². The van der Waals surface area contributed by atoms with Crippen LogP contribution in [0.15, 0.2) is 22.7 Å². The van der Waals surface area contributed by atoms with Crippen LogP contribution in [0.2, 0.25) is 5.02 Å². The number of carbonyl (C=O) groups is 1. The molecule has 0 bridgehead atoms. The summed E-state index contributed by atoms with van der Waals surface area (Å²) >= 11 is 9.25. The van der Waals surface area contributed by atoms with E-state index in [1.54, 1.807) is 23.2 Å². The number of hydrogen-bond donors (Lipinski definition) is 1. The van der Waals surface area contributed by atoms with E-state index in [0.29, 0.717) is 10.6 Å². The summed E-state index contributed by atoms with van der Waals surface area (Å²) in [4.78, 5) is 12.1. The number of halogens is 2. The highest BCUT2D eigenvalue weighted by molar-refractivity contribution is 9.10. The second kappa shape index (κ2) is 5.17. The Bertz CT molecular complexity index is 405. The van der Waals surface area contributed by atoms with Crippen LogP contribution in [-0.2, 0) is 0 Å². The summed E-state index contributed by atoms with van der Waals surface area (Å²) in [6.45, 7) is 1.60. The first-order chi connectivity index (χ1) is 7.68. The van der Waals surface area contributed by atoms with E-state index in [4.69, 9.17) is 11.6 Å². The lowest BCUT2D eigenvalue weighted by Crippen LogP contribution is -2.47. The van der Waals surface area contributed by atoms with Gasteiger partial charge in [0, 0.05) is 22.6 Å². The molecule has 1 heterocycles. The zero-order valence-corrected chi connectivity index (χ0v) is 11.0. The third-order valence-corrected chi connectivity index (χ3v) is 3.44. The highest BCUT2D eigenvalue weighted by atomic mass is 79.9. The first-order valence-electron chi connectivity index (χ1n) is 5.19. The van der Waals surface area contributed by atoms with E-state index in [1.807, 2.05) is 0 Å². The number of benzene rings is 1. The Hall–Kier alpha value is -0.580. The van der Waals surface area contributed by atoms with E-state index in [-0.39, 0.29) is 5.91 Å². The predicted octanol–water partition coefficient (Wildman–Crippen LogP) is 2.84. The Morgan fingerprint density at radius 1 is 1.44 bits per heavy atom. The van der Waals surface area contributed by atoms with E-state index in [2.05, 4.69) is 21.4 Å². The normalized spacial score (nSPS) is 16.2. The van der Waals surface area contributed by atoms with E-state index in [1.165, 1.54) is 0 Å². The zero-order valence-electron chi connectivity index (χ0n) is 8.67. The van der Waals surface area contributed by atoms with E-state index < -0.39 is 0 Å². The molecule has 86 valence electrons. The topological polar surface area (TPSA) is 32.3 Å². The molecule has 1 aliphatic heterocycles. The van der Waals surface area contributed by atoms with Crippen molar-refractivity contribution in [1.82, 2.24) is 10.4 Å². The van der Waals surface area contributed by atoms with Crippen molar-refractivity contribution in [2.75, 3.05) is 13.1 Å². The summed E-state index contributed by atoms with van der Waals surface area (Å²) < 4.78 is 0.772. The molecule has 1 fully saturated rings. The summed E-state index contributed by atoms with van der Waals surface area (Å²) in [5, 5.41) is 2.23. The lowest BCUT2D eigenvalue weighted by Gasteiger charge is -2.28. The second-order valence-corrected chi connectivity index (χ2v) is 4.99. The Balaban J connectivity index is 2.22. The number of carbonyl (C=O) groups excluding carboxylic acids is 1. The van der Waals surface area contributed by atoms with Gasteiger partial charge in [0.15, 0.2) is 0 Å². The second-order valence-electron chi connectivity index (χ2n) is 3.70. The van der Waals surface area contributed by atoms with Crippen LogP contribution in [0.3, 0.4) is 0 Å². The van der Waals surface area contributed by atoms with E-state index >= 15 is 0 Å². The van der Waals surface area contributed by atoms with Gasteiger partial charge in [-0.05, 0) is 47.0 Å². The number of nitrogens with zero attached hydrogens (tertiary/aromatic N) is 1. The number of hydrazine groups is 1. The largest absolute Gasteiger partial charge is 0.274 e. The van der Waals surface area contributed by atoms with Gasteiger partial charge in [-0.25, -0.2) is 5.43 Å². The molecule has 3 nitrogen and oxygen atoms in total. The first kappa shape index (κ1) is 11.9. The summed E-state index contributed by atoms with van der Waals surface area (Å²) in [5.74, 6) is -0.0333. The molecule has 2 rings (SSSR count). The van der Waals surface area contributed by atoms with E-state index in [0.717, 1.165) is 30.4 Å². The fourth-order valence-corrected chi connectivity index (χ4v) is 2.26. The lowest BCUT2D eigenvalue weighted by molar-refractivity contribution is 0.0610. The number of amides is 1. The number of hydrogen-bond acceptors (Lipinski definition) is 2. The average Bonchev–Trinajstić information content (AvgIpc) is 2.32. The maximum atomic E-state index is 12.1. The molecule has 0 atom stereocenters. The zero-order chi connectivity index (χ0) is 11.5. The molecule has 5 heteroatoms. The summed E-state index contributed by atoms with van der Waals surface area (Å²) in [5.41, 5.74) is 3.68. The predicted molar refractivity (Wildman–Crippen MR) is 67.4 cm³/mol. The van der Waals surface area contributed by atoms with Crippen LogP contribution in [0.25, 0.3) is 0 Å². The number of nitrogens with one attached hydrogen (secondary N) is 1. The van der Waals surface area contributed by atoms with Gasteiger partial charge >= 0.3 is 0 Å². The van der Waals surface area contributed by atoms with Crippen molar-refractivity contribution in [3.8, 4) is 0 Å². The molecular weight excluding hydrogens is 291 g/mol. The number of rotatable bonds is 1. The maximum Gasteiger partial charge on any atom is 0.269 e. The van der Waals surface area contributed by atoms with Gasteiger partial charge in [-0.1, -0.05) is 11.6 Å². The minimum atomic E-state index is -0.0333. The van der Waals surface area contributed by atoms with Crippen LogP contribution in [0, 0.1) is 0 Å². The Labute approximate surface area is 108 Å².